The molecule has 1 aliphatic heterocycles. The van der Waals surface area contributed by atoms with E-state index in [-0.39, 0.29) is 18.2 Å². The summed E-state index contributed by atoms with van der Waals surface area (Å²) in [6.45, 7) is 4.06. The Labute approximate surface area is 182 Å². The Balaban J connectivity index is 1.77. The molecule has 0 aliphatic carbocycles. The normalized spacial score (nSPS) is 19.7. The van der Waals surface area contributed by atoms with Gasteiger partial charge in [-0.25, -0.2) is 8.42 Å². The van der Waals surface area contributed by atoms with E-state index in [9.17, 15) is 23.3 Å². The molecule has 0 saturated carbocycles. The number of carbonyl (C=O) groups is 1. The van der Waals surface area contributed by atoms with Gasteiger partial charge in [0.05, 0.1) is 9.46 Å². The van der Waals surface area contributed by atoms with Crippen molar-refractivity contribution in [3.63, 3.8) is 0 Å². The summed E-state index contributed by atoms with van der Waals surface area (Å²) in [5.74, 6) is -0.451. The molecule has 0 saturated heterocycles. The van der Waals surface area contributed by atoms with Gasteiger partial charge in [-0.3, -0.25) is 9.52 Å². The number of fused-ring (bicyclic) bond motifs is 1. The Morgan fingerprint density at radius 2 is 2.13 bits per heavy atom. The number of hydrogen-bond donors (Lipinski definition) is 2. The first-order valence-corrected chi connectivity index (χ1v) is 12.3. The molecular weight excluding hydrogens is 450 g/mol. The summed E-state index contributed by atoms with van der Waals surface area (Å²) < 4.78 is 29.1. The molecule has 1 aromatic heterocycles. The van der Waals surface area contributed by atoms with Crippen LogP contribution >= 0.6 is 23.3 Å². The molecule has 0 bridgehead atoms. The fraction of sp³-hybridized carbons (Fsp3) is 0.389. The summed E-state index contributed by atoms with van der Waals surface area (Å²) >= 11 is 2.16. The second-order valence-corrected chi connectivity index (χ2v) is 11.4. The maximum atomic E-state index is 12.7. The zero-order chi connectivity index (χ0) is 21.9. The standard InChI is InChI=1S/C18H21N3O6S3/c1-3-19-15-8-11(2)30(25,26)18-14(15)9-16(28-18)29-20-17(22)13-7-5-4-6-12(13)10-27-21(23)24/h4-7,9,11,15,19H,3,8,10H2,1-2H3,(H,20,22). The van der Waals surface area contributed by atoms with Crippen LogP contribution in [0, 0.1) is 10.1 Å². The Kier molecular flexibility index (Phi) is 7.01. The lowest BCUT2D eigenvalue weighted by Gasteiger charge is -2.27. The second-order valence-electron chi connectivity index (χ2n) is 6.70. The minimum atomic E-state index is -3.39. The molecule has 2 aromatic rings. The lowest BCUT2D eigenvalue weighted by Crippen LogP contribution is -2.33. The van der Waals surface area contributed by atoms with Crippen molar-refractivity contribution >= 4 is 39.0 Å². The van der Waals surface area contributed by atoms with Gasteiger partial charge in [-0.1, -0.05) is 25.1 Å². The summed E-state index contributed by atoms with van der Waals surface area (Å²) in [5.41, 5.74) is 1.36. The summed E-state index contributed by atoms with van der Waals surface area (Å²) in [7, 11) is -3.39. The summed E-state index contributed by atoms with van der Waals surface area (Å²) in [4.78, 5) is 27.4. The van der Waals surface area contributed by atoms with Gasteiger partial charge < -0.3 is 10.2 Å². The van der Waals surface area contributed by atoms with E-state index in [1.54, 1.807) is 37.3 Å². The molecule has 9 nitrogen and oxygen atoms in total. The van der Waals surface area contributed by atoms with Crippen molar-refractivity contribution in [1.82, 2.24) is 10.0 Å². The Morgan fingerprint density at radius 3 is 2.83 bits per heavy atom. The van der Waals surface area contributed by atoms with Crippen molar-refractivity contribution < 1.29 is 23.1 Å². The molecule has 2 unspecified atom stereocenters. The van der Waals surface area contributed by atoms with E-state index in [1.807, 2.05) is 6.92 Å². The Morgan fingerprint density at radius 1 is 1.40 bits per heavy atom. The molecule has 2 heterocycles. The number of hydrogen-bond acceptors (Lipinski definition) is 9. The highest BCUT2D eigenvalue weighted by molar-refractivity contribution is 8.00. The Hall–Kier alpha value is -2.15. The molecule has 0 spiro atoms. The van der Waals surface area contributed by atoms with Crippen LogP contribution in [-0.2, 0) is 21.3 Å². The van der Waals surface area contributed by atoms with Crippen molar-refractivity contribution in [2.75, 3.05) is 6.54 Å². The van der Waals surface area contributed by atoms with Gasteiger partial charge >= 0.3 is 0 Å². The van der Waals surface area contributed by atoms with Crippen molar-refractivity contribution in [3.05, 3.63) is 57.1 Å². The van der Waals surface area contributed by atoms with Crippen LogP contribution in [0.25, 0.3) is 0 Å². The SMILES string of the molecule is CCNC1CC(C)S(=O)(=O)c2sc(SNC(=O)c3ccccc3CO[N+](=O)[O-])cc21. The fourth-order valence-electron chi connectivity index (χ4n) is 3.23. The molecule has 1 aromatic carbocycles. The van der Waals surface area contributed by atoms with Gasteiger partial charge in [0, 0.05) is 11.6 Å². The number of amides is 1. The first kappa shape index (κ1) is 22.5. The molecule has 2 N–H and O–H groups in total. The third-order valence-electron chi connectivity index (χ3n) is 4.72. The molecule has 0 radical (unpaired) electrons. The van der Waals surface area contributed by atoms with Gasteiger partial charge in [0.15, 0.2) is 9.84 Å². The maximum absolute atomic E-state index is 12.7. The van der Waals surface area contributed by atoms with Crippen molar-refractivity contribution in [2.24, 2.45) is 0 Å². The highest BCUT2D eigenvalue weighted by atomic mass is 32.2. The molecule has 30 heavy (non-hydrogen) atoms. The molecule has 2 atom stereocenters. The van der Waals surface area contributed by atoms with E-state index in [0.29, 0.717) is 20.4 Å². The van der Waals surface area contributed by atoms with E-state index in [1.165, 1.54) is 0 Å². The van der Waals surface area contributed by atoms with Crippen LogP contribution in [0.1, 0.15) is 47.8 Å². The first-order chi connectivity index (χ1) is 14.2. The predicted octanol–water partition coefficient (Wildman–Crippen LogP) is 3.11. The largest absolute Gasteiger partial charge is 0.310 e. The molecule has 0 fully saturated rings. The van der Waals surface area contributed by atoms with E-state index < -0.39 is 26.1 Å². The smallest absolute Gasteiger partial charge is 0.294 e. The third kappa shape index (κ3) is 4.77. The average Bonchev–Trinajstić information content (AvgIpc) is 3.15. The van der Waals surface area contributed by atoms with E-state index in [2.05, 4.69) is 14.9 Å². The maximum Gasteiger partial charge on any atom is 0.294 e. The highest BCUT2D eigenvalue weighted by Crippen LogP contribution is 2.43. The molecule has 12 heteroatoms. The van der Waals surface area contributed by atoms with Crippen LogP contribution < -0.4 is 10.0 Å². The van der Waals surface area contributed by atoms with Gasteiger partial charge in [-0.15, -0.1) is 21.5 Å². The third-order valence-corrected chi connectivity index (χ3v) is 9.51. The lowest BCUT2D eigenvalue weighted by molar-refractivity contribution is -0.763. The number of thiophene rings is 1. The number of carbonyl (C=O) groups excluding carboxylic acids is 1. The zero-order valence-electron chi connectivity index (χ0n) is 16.3. The number of nitrogens with zero attached hydrogens (tertiary/aromatic N) is 1. The van der Waals surface area contributed by atoms with Gasteiger partial charge in [-0.2, -0.15) is 0 Å². The minimum Gasteiger partial charge on any atom is -0.310 e. The molecular formula is C18H21N3O6S3. The van der Waals surface area contributed by atoms with Crippen LogP contribution in [-0.4, -0.2) is 31.2 Å². The van der Waals surface area contributed by atoms with E-state index >= 15 is 0 Å². The molecule has 1 amide bonds. The monoisotopic (exact) mass is 471 g/mol. The van der Waals surface area contributed by atoms with Gasteiger partial charge in [0.1, 0.15) is 10.8 Å². The van der Waals surface area contributed by atoms with Crippen LogP contribution in [0.2, 0.25) is 0 Å². The van der Waals surface area contributed by atoms with E-state index in [4.69, 9.17) is 0 Å². The quantitative estimate of drug-likeness (QED) is 0.341. The van der Waals surface area contributed by atoms with Gasteiger partial charge in [0.2, 0.25) is 0 Å². The first-order valence-electron chi connectivity index (χ1n) is 9.17. The van der Waals surface area contributed by atoms with Crippen LogP contribution in [0.3, 0.4) is 0 Å². The van der Waals surface area contributed by atoms with Crippen LogP contribution in [0.15, 0.2) is 38.8 Å². The van der Waals surface area contributed by atoms with Crippen molar-refractivity contribution in [2.45, 2.75) is 46.6 Å². The number of benzene rings is 1. The summed E-state index contributed by atoms with van der Waals surface area (Å²) in [5, 5.41) is 12.4. The zero-order valence-corrected chi connectivity index (χ0v) is 18.7. The predicted molar refractivity (Wildman–Crippen MR) is 114 cm³/mol. The van der Waals surface area contributed by atoms with Crippen LogP contribution in [0.4, 0.5) is 0 Å². The van der Waals surface area contributed by atoms with E-state index in [0.717, 1.165) is 35.4 Å². The highest BCUT2D eigenvalue weighted by Gasteiger charge is 2.38. The number of sulfone groups is 1. The van der Waals surface area contributed by atoms with Crippen LogP contribution in [0.5, 0.6) is 0 Å². The fourth-order valence-corrected chi connectivity index (χ4v) is 7.68. The number of rotatable bonds is 8. The average molecular weight is 472 g/mol. The summed E-state index contributed by atoms with van der Waals surface area (Å²) in [6.07, 6.45) is 0.500. The lowest BCUT2D eigenvalue weighted by atomic mass is 10.1. The molecule has 1 aliphatic rings. The molecule has 162 valence electrons. The second kappa shape index (κ2) is 9.33. The molecule has 3 rings (SSSR count). The van der Waals surface area contributed by atoms with Crippen molar-refractivity contribution in [3.8, 4) is 0 Å². The topological polar surface area (TPSA) is 128 Å². The Bertz CT molecular complexity index is 1050. The van der Waals surface area contributed by atoms with Crippen molar-refractivity contribution in [1.29, 1.82) is 0 Å². The minimum absolute atomic E-state index is 0.0511. The van der Waals surface area contributed by atoms with Gasteiger partial charge in [-0.05, 0) is 55.1 Å². The summed E-state index contributed by atoms with van der Waals surface area (Å²) in [6, 6.07) is 8.16. The van der Waals surface area contributed by atoms with Gasteiger partial charge in [0.25, 0.3) is 11.0 Å². The number of nitrogens with one attached hydrogen (secondary N) is 2.